The predicted molar refractivity (Wildman–Crippen MR) is 226 cm³/mol. The number of ketones is 1. The lowest BCUT2D eigenvalue weighted by Gasteiger charge is -2.50. The molecule has 0 aromatic carbocycles. The number of rotatable bonds is 14. The third-order valence-electron chi connectivity index (χ3n) is 13.7. The van der Waals surface area contributed by atoms with Crippen LogP contribution < -0.4 is 5.32 Å². The summed E-state index contributed by atoms with van der Waals surface area (Å²) in [5.74, 6) is -4.71. The molecule has 15 heteroatoms. The maximum absolute atomic E-state index is 14.6. The van der Waals surface area contributed by atoms with Crippen molar-refractivity contribution >= 4 is 17.7 Å². The fraction of sp³-hybridized carbons (Fsp3) is 0.889. The molecule has 15 nitrogen and oxygen atoms in total. The molecule has 2 unspecified atom stereocenters. The summed E-state index contributed by atoms with van der Waals surface area (Å²) in [7, 11) is 6.88. The molecule has 3 fully saturated rings. The van der Waals surface area contributed by atoms with Gasteiger partial charge in [-0.1, -0.05) is 33.8 Å². The third-order valence-corrected chi connectivity index (χ3v) is 13.7. The average Bonchev–Trinajstić information content (AvgIpc) is 3.18. The monoisotopic (exact) mass is 857 g/mol. The fourth-order valence-corrected chi connectivity index (χ4v) is 10.1. The number of ether oxygens (including phenoxy) is 8. The van der Waals surface area contributed by atoms with Gasteiger partial charge in [-0.25, -0.2) is 0 Å². The van der Waals surface area contributed by atoms with Crippen molar-refractivity contribution in [3.05, 3.63) is 12.7 Å². The number of hydrogen-bond acceptors (Lipinski definition) is 15. The molecule has 3 aliphatic rings. The normalized spacial score (nSPS) is 43.9. The van der Waals surface area contributed by atoms with Crippen LogP contribution in [0, 0.1) is 29.6 Å². The van der Waals surface area contributed by atoms with Crippen LogP contribution >= 0.6 is 0 Å². The highest BCUT2D eigenvalue weighted by molar-refractivity contribution is 5.83. The Hall–Kier alpha value is -2.05. The Bertz CT molecular complexity index is 1410. The molecule has 60 heavy (non-hydrogen) atoms. The van der Waals surface area contributed by atoms with Crippen molar-refractivity contribution in [3.8, 4) is 0 Å². The minimum Gasteiger partial charge on any atom is -0.459 e. The highest BCUT2D eigenvalue weighted by Gasteiger charge is 2.54. The minimum atomic E-state index is -1.60. The molecule has 0 aromatic heterocycles. The molecule has 3 rings (SSSR count). The van der Waals surface area contributed by atoms with E-state index >= 15 is 0 Å². The topological polar surface area (TPSA) is 181 Å². The molecule has 3 aliphatic heterocycles. The summed E-state index contributed by atoms with van der Waals surface area (Å²) < 4.78 is 50.9. The van der Waals surface area contributed by atoms with Crippen LogP contribution in [0.4, 0.5) is 0 Å². The van der Waals surface area contributed by atoms with Crippen LogP contribution in [0.15, 0.2) is 12.7 Å². The second-order valence-electron chi connectivity index (χ2n) is 18.7. The molecule has 0 spiro atoms. The first-order valence-corrected chi connectivity index (χ1v) is 21.9. The molecule has 3 saturated heterocycles. The van der Waals surface area contributed by atoms with Crippen molar-refractivity contribution in [1.82, 2.24) is 10.2 Å². The van der Waals surface area contributed by atoms with Crippen LogP contribution in [0.3, 0.4) is 0 Å². The smallest absolute Gasteiger partial charge is 0.311 e. The van der Waals surface area contributed by atoms with E-state index in [0.29, 0.717) is 25.9 Å². The zero-order valence-electron chi connectivity index (χ0n) is 39.2. The van der Waals surface area contributed by atoms with Gasteiger partial charge in [-0.3, -0.25) is 14.4 Å². The van der Waals surface area contributed by atoms with Gasteiger partial charge in [0.05, 0.1) is 35.9 Å². The van der Waals surface area contributed by atoms with Gasteiger partial charge in [0.25, 0.3) is 0 Å². The van der Waals surface area contributed by atoms with E-state index in [1.165, 1.54) is 14.0 Å². The summed E-state index contributed by atoms with van der Waals surface area (Å²) in [4.78, 5) is 43.4. The van der Waals surface area contributed by atoms with Crippen molar-refractivity contribution in [2.24, 2.45) is 29.6 Å². The lowest BCUT2D eigenvalue weighted by atomic mass is 9.69. The molecular weight excluding hydrogens is 776 g/mol. The zero-order chi connectivity index (χ0) is 45.5. The quantitative estimate of drug-likeness (QED) is 0.127. The van der Waals surface area contributed by atoms with Gasteiger partial charge in [0.1, 0.15) is 29.2 Å². The first-order chi connectivity index (χ1) is 27.9. The highest BCUT2D eigenvalue weighted by atomic mass is 16.7. The van der Waals surface area contributed by atoms with Crippen molar-refractivity contribution in [2.45, 2.75) is 186 Å². The molecule has 0 saturated carbocycles. The maximum Gasteiger partial charge on any atom is 0.311 e. The van der Waals surface area contributed by atoms with Crippen LogP contribution in [0.5, 0.6) is 0 Å². The first-order valence-electron chi connectivity index (χ1n) is 21.9. The van der Waals surface area contributed by atoms with E-state index in [2.05, 4.69) is 11.9 Å². The number of aliphatic hydroxyl groups excluding tert-OH is 1. The number of nitrogens with one attached hydrogen (secondary N) is 1. The Morgan fingerprint density at radius 2 is 1.58 bits per heavy atom. The van der Waals surface area contributed by atoms with Gasteiger partial charge in [0, 0.05) is 63.8 Å². The standard InChI is InChI=1S/C45H80N2O13/c1-17-20-46-21-19-32-27(5)36(49)25(3)23-43(10,53-15)39(60-42-37(50)33(47(13)14)22-26(4)55-42)28(6)38(29(7)41(51)58-34(18-2)45(32,12)52)59-35-24-44(11,54-16)40(30(8)56-35)57-31(9)48/h17,25-30,32-35,37-40,42,46,50,52H,1,18-24H2,2-16H3/t25-,26-,27?,28-,29-,30+,32+,33+,34-,35?,37-,38+,39-,40+,42+,43-,44-,45+/m1/s1. The summed E-state index contributed by atoms with van der Waals surface area (Å²) in [6.07, 6.45) is -4.36. The van der Waals surface area contributed by atoms with Crippen LogP contribution in [0.2, 0.25) is 0 Å². The van der Waals surface area contributed by atoms with Gasteiger partial charge in [-0.15, -0.1) is 6.58 Å². The lowest BCUT2D eigenvalue weighted by molar-refractivity contribution is -0.320. The van der Waals surface area contributed by atoms with E-state index in [0.717, 1.165) is 0 Å². The molecule has 0 radical (unpaired) electrons. The maximum atomic E-state index is 14.6. The number of cyclic esters (lactones) is 1. The van der Waals surface area contributed by atoms with Gasteiger partial charge >= 0.3 is 11.9 Å². The Morgan fingerprint density at radius 1 is 0.967 bits per heavy atom. The summed E-state index contributed by atoms with van der Waals surface area (Å²) in [6, 6.07) is -0.283. The number of carbonyl (C=O) groups excluding carboxylic acids is 3. The number of methoxy groups -OCH3 is 2. The molecule has 3 heterocycles. The molecule has 0 aromatic rings. The van der Waals surface area contributed by atoms with Gasteiger partial charge in [-0.05, 0) is 87.9 Å². The SMILES string of the molecule is C=CCNCC[C@H]1C(C)C(=O)[C@H](C)C[C@@](C)(OC)[C@H](O[C@@H]2O[C@H](C)C[C@H](N(C)C)[C@H]2O)[C@H](C)[C@H](OC2C[C@@](C)(OC)[C@@H](OC(C)=O)[C@H](C)O2)[C@@H](C)C(=O)O[C@H](CC)[C@@]1(C)O. The van der Waals surface area contributed by atoms with Gasteiger partial charge < -0.3 is 58.3 Å². The van der Waals surface area contributed by atoms with Crippen LogP contribution in [0.25, 0.3) is 0 Å². The molecule has 0 aliphatic carbocycles. The summed E-state index contributed by atoms with van der Waals surface area (Å²) in [5, 5.41) is 27.5. The first kappa shape index (κ1) is 52.3. The number of hydrogen-bond donors (Lipinski definition) is 3. The lowest BCUT2D eigenvalue weighted by Crippen LogP contribution is -2.61. The number of Topliss-reactive ketones (excluding diaryl/α,β-unsaturated/α-hetero) is 1. The van der Waals surface area contributed by atoms with Crippen molar-refractivity contribution in [1.29, 1.82) is 0 Å². The van der Waals surface area contributed by atoms with E-state index in [4.69, 9.17) is 37.9 Å². The number of aliphatic hydroxyl groups is 2. The zero-order valence-corrected chi connectivity index (χ0v) is 39.2. The predicted octanol–water partition coefficient (Wildman–Crippen LogP) is 4.43. The average molecular weight is 857 g/mol. The number of carbonyl (C=O) groups is 3. The van der Waals surface area contributed by atoms with Crippen LogP contribution in [-0.2, 0) is 52.3 Å². The summed E-state index contributed by atoms with van der Waals surface area (Å²) in [6.45, 7) is 24.3. The van der Waals surface area contributed by atoms with Crippen molar-refractivity contribution in [2.75, 3.05) is 41.4 Å². The number of nitrogens with zero attached hydrogens (tertiary/aromatic N) is 1. The fourth-order valence-electron chi connectivity index (χ4n) is 10.1. The largest absolute Gasteiger partial charge is 0.459 e. The Labute approximate surface area is 359 Å². The van der Waals surface area contributed by atoms with E-state index in [9.17, 15) is 24.6 Å². The molecule has 18 atom stereocenters. The van der Waals surface area contributed by atoms with E-state index in [-0.39, 0.29) is 37.2 Å². The van der Waals surface area contributed by atoms with Crippen molar-refractivity contribution < 1.29 is 62.5 Å². The minimum absolute atomic E-state index is 0.0842. The van der Waals surface area contributed by atoms with Crippen molar-refractivity contribution in [3.63, 3.8) is 0 Å². The van der Waals surface area contributed by atoms with Crippen LogP contribution in [0.1, 0.15) is 108 Å². The highest BCUT2D eigenvalue weighted by Crippen LogP contribution is 2.43. The van der Waals surface area contributed by atoms with Gasteiger partial charge in [-0.2, -0.15) is 0 Å². The molecule has 0 bridgehead atoms. The Kier molecular flexibility index (Phi) is 19.2. The third kappa shape index (κ3) is 12.1. The van der Waals surface area contributed by atoms with E-state index in [1.807, 2.05) is 67.5 Å². The molecule has 348 valence electrons. The van der Waals surface area contributed by atoms with E-state index < -0.39 is 108 Å². The number of esters is 2. The second-order valence-corrected chi connectivity index (χ2v) is 18.7. The molecule has 0 amide bonds. The molecular formula is C45H80N2O13. The number of likely N-dealkylation sites (N-methyl/N-ethyl adjacent to an activating group) is 1. The van der Waals surface area contributed by atoms with Crippen LogP contribution in [-0.4, -0.2) is 152 Å². The summed E-state index contributed by atoms with van der Waals surface area (Å²) in [5.41, 5.74) is -3.84. The summed E-state index contributed by atoms with van der Waals surface area (Å²) >= 11 is 0. The van der Waals surface area contributed by atoms with Gasteiger partial charge in [0.2, 0.25) is 0 Å². The van der Waals surface area contributed by atoms with E-state index in [1.54, 1.807) is 34.0 Å². The Balaban J connectivity index is 2.25. The molecule has 3 N–H and O–H groups in total. The van der Waals surface area contributed by atoms with Gasteiger partial charge in [0.15, 0.2) is 18.7 Å². The Morgan fingerprint density at radius 3 is 2.13 bits per heavy atom. The second kappa shape index (κ2) is 22.0.